The van der Waals surface area contributed by atoms with Crippen LogP contribution < -0.4 is 0 Å². The summed E-state index contributed by atoms with van der Waals surface area (Å²) in [5.74, 6) is 0.879. The van der Waals surface area contributed by atoms with E-state index < -0.39 is 0 Å². The second-order valence-electron chi connectivity index (χ2n) is 7.93. The fraction of sp³-hybridized carbons (Fsp3) is 0.650. The van der Waals surface area contributed by atoms with Gasteiger partial charge in [-0.1, -0.05) is 19.4 Å². The van der Waals surface area contributed by atoms with Gasteiger partial charge >= 0.3 is 0 Å². The van der Waals surface area contributed by atoms with Gasteiger partial charge in [0.2, 0.25) is 0 Å². The van der Waals surface area contributed by atoms with Crippen molar-refractivity contribution in [2.24, 2.45) is 22.7 Å². The van der Waals surface area contributed by atoms with Gasteiger partial charge in [-0.3, -0.25) is 4.79 Å². The zero-order valence-electron chi connectivity index (χ0n) is 14.5. The summed E-state index contributed by atoms with van der Waals surface area (Å²) >= 11 is 0. The van der Waals surface area contributed by atoms with Gasteiger partial charge in [0.1, 0.15) is 0 Å². The Morgan fingerprint density at radius 3 is 2.87 bits per heavy atom. The zero-order valence-corrected chi connectivity index (χ0v) is 14.5. The number of aliphatic hydroxyl groups is 1. The van der Waals surface area contributed by atoms with E-state index in [2.05, 4.69) is 20.8 Å². The number of hydrogen-bond donors (Lipinski definition) is 1. The van der Waals surface area contributed by atoms with Crippen molar-refractivity contribution in [2.75, 3.05) is 6.61 Å². The molecule has 0 saturated heterocycles. The molecule has 1 saturated carbocycles. The Kier molecular flexibility index (Phi) is 4.26. The molecule has 126 valence electrons. The molecule has 2 aliphatic carbocycles. The highest BCUT2D eigenvalue weighted by Crippen LogP contribution is 2.61. The maximum Gasteiger partial charge on any atom is 0.155 e. The van der Waals surface area contributed by atoms with Crippen LogP contribution in [0.4, 0.5) is 0 Å². The average Bonchev–Trinajstić information content (AvgIpc) is 3.03. The maximum atomic E-state index is 12.2. The molecule has 1 fully saturated rings. The summed E-state index contributed by atoms with van der Waals surface area (Å²) < 4.78 is 5.18. The highest BCUT2D eigenvalue weighted by Gasteiger charge is 2.56. The monoisotopic (exact) mass is 316 g/mol. The minimum absolute atomic E-state index is 0.0412. The molecule has 0 bridgehead atoms. The predicted octanol–water partition coefficient (Wildman–Crippen LogP) is 4.16. The van der Waals surface area contributed by atoms with Gasteiger partial charge in [0, 0.05) is 18.4 Å². The zero-order chi connectivity index (χ0) is 16.7. The van der Waals surface area contributed by atoms with Crippen LogP contribution in [-0.2, 0) is 11.2 Å². The molecule has 4 atom stereocenters. The lowest BCUT2D eigenvalue weighted by molar-refractivity contribution is -0.129. The molecule has 1 heterocycles. The van der Waals surface area contributed by atoms with Gasteiger partial charge in [0.15, 0.2) is 5.78 Å². The molecule has 1 N–H and O–H groups in total. The van der Waals surface area contributed by atoms with Gasteiger partial charge in [-0.25, -0.2) is 0 Å². The third kappa shape index (κ3) is 2.59. The molecule has 1 aromatic rings. The molecule has 3 rings (SSSR count). The van der Waals surface area contributed by atoms with E-state index in [1.165, 1.54) is 11.1 Å². The second kappa shape index (κ2) is 5.94. The Morgan fingerprint density at radius 2 is 2.22 bits per heavy atom. The molecule has 23 heavy (non-hydrogen) atoms. The van der Waals surface area contributed by atoms with Crippen LogP contribution in [0.25, 0.3) is 0 Å². The molecular weight excluding hydrogens is 288 g/mol. The average molecular weight is 316 g/mol. The topological polar surface area (TPSA) is 50.4 Å². The first-order chi connectivity index (χ1) is 10.9. The third-order valence-corrected chi connectivity index (χ3v) is 6.98. The first-order valence-corrected chi connectivity index (χ1v) is 8.76. The minimum atomic E-state index is -0.185. The van der Waals surface area contributed by atoms with Gasteiger partial charge < -0.3 is 9.52 Å². The number of furan rings is 1. The van der Waals surface area contributed by atoms with Crippen LogP contribution in [0.1, 0.15) is 52.0 Å². The Balaban J connectivity index is 1.95. The molecule has 0 aromatic carbocycles. The smallest absolute Gasteiger partial charge is 0.155 e. The van der Waals surface area contributed by atoms with Gasteiger partial charge in [0.25, 0.3) is 0 Å². The van der Waals surface area contributed by atoms with E-state index in [-0.39, 0.29) is 29.1 Å². The van der Waals surface area contributed by atoms with E-state index in [0.29, 0.717) is 12.3 Å². The number of aliphatic hydroxyl groups excluding tert-OH is 1. The number of hydrogen-bond acceptors (Lipinski definition) is 3. The largest absolute Gasteiger partial charge is 0.472 e. The van der Waals surface area contributed by atoms with Gasteiger partial charge in [-0.05, 0) is 67.6 Å². The predicted molar refractivity (Wildman–Crippen MR) is 89.9 cm³/mol. The van der Waals surface area contributed by atoms with Crippen LogP contribution in [0.15, 0.2) is 34.7 Å². The van der Waals surface area contributed by atoms with Gasteiger partial charge in [-0.2, -0.15) is 0 Å². The summed E-state index contributed by atoms with van der Waals surface area (Å²) in [4.78, 5) is 12.2. The first-order valence-electron chi connectivity index (χ1n) is 8.76. The van der Waals surface area contributed by atoms with E-state index >= 15 is 0 Å². The van der Waals surface area contributed by atoms with E-state index in [4.69, 9.17) is 4.42 Å². The second-order valence-corrected chi connectivity index (χ2v) is 7.93. The highest BCUT2D eigenvalue weighted by atomic mass is 16.3. The normalized spacial score (nSPS) is 37.4. The van der Waals surface area contributed by atoms with Crippen LogP contribution in [0.3, 0.4) is 0 Å². The molecule has 0 aliphatic heterocycles. The fourth-order valence-corrected chi connectivity index (χ4v) is 5.10. The van der Waals surface area contributed by atoms with E-state index in [0.717, 1.165) is 25.7 Å². The highest BCUT2D eigenvalue weighted by molar-refractivity contribution is 5.92. The molecule has 3 nitrogen and oxygen atoms in total. The standard InChI is InChI=1S/C20H28O3/c1-14-4-7-19(3)15(2)10-17(22)11-18(19)20(14,13-21)8-5-16-6-9-23-12-16/h6,9-10,12,14,18,21H,4-5,7-8,11,13H2,1-3H3/t14-,18+,19+,20+/m1/s1. The summed E-state index contributed by atoms with van der Waals surface area (Å²) in [5.41, 5.74) is 2.23. The Bertz CT molecular complexity index is 600. The summed E-state index contributed by atoms with van der Waals surface area (Å²) in [6.07, 6.45) is 9.92. The Hall–Kier alpha value is -1.35. The van der Waals surface area contributed by atoms with Gasteiger partial charge in [0.05, 0.1) is 12.5 Å². The summed E-state index contributed by atoms with van der Waals surface area (Å²) in [6.45, 7) is 6.80. The Morgan fingerprint density at radius 1 is 1.43 bits per heavy atom. The van der Waals surface area contributed by atoms with Crippen molar-refractivity contribution in [3.8, 4) is 0 Å². The van der Waals surface area contributed by atoms with Crippen molar-refractivity contribution in [1.82, 2.24) is 0 Å². The van der Waals surface area contributed by atoms with Crippen molar-refractivity contribution >= 4 is 5.78 Å². The third-order valence-electron chi connectivity index (χ3n) is 6.98. The number of rotatable bonds is 4. The quantitative estimate of drug-likeness (QED) is 0.907. The molecular formula is C20H28O3. The van der Waals surface area contributed by atoms with Crippen LogP contribution in [0.2, 0.25) is 0 Å². The Labute approximate surface area is 138 Å². The lowest BCUT2D eigenvalue weighted by atomic mass is 9.46. The van der Waals surface area contributed by atoms with Crippen LogP contribution >= 0.6 is 0 Å². The van der Waals surface area contributed by atoms with Crippen LogP contribution in [0.5, 0.6) is 0 Å². The van der Waals surface area contributed by atoms with Crippen molar-refractivity contribution in [3.05, 3.63) is 35.8 Å². The number of fused-ring (bicyclic) bond motifs is 1. The summed E-state index contributed by atoms with van der Waals surface area (Å²) in [5, 5.41) is 10.4. The number of ketones is 1. The molecule has 2 aliphatic rings. The molecule has 0 radical (unpaired) electrons. The van der Waals surface area contributed by atoms with Crippen molar-refractivity contribution in [2.45, 2.75) is 52.9 Å². The number of allylic oxidation sites excluding steroid dienone is 2. The molecule has 3 heteroatoms. The number of aryl methyl sites for hydroxylation is 1. The van der Waals surface area contributed by atoms with E-state index in [1.807, 2.05) is 12.1 Å². The molecule has 0 spiro atoms. The van der Waals surface area contributed by atoms with Gasteiger partial charge in [-0.15, -0.1) is 0 Å². The summed E-state index contributed by atoms with van der Waals surface area (Å²) in [6, 6.07) is 1.99. The SMILES string of the molecule is CC1=CC(=O)C[C@@H]2[C@](CO)(CCc3ccoc3)[C@H](C)CC[C@@]12C. The van der Waals surface area contributed by atoms with Crippen LogP contribution in [-0.4, -0.2) is 17.5 Å². The van der Waals surface area contributed by atoms with E-state index in [1.54, 1.807) is 12.5 Å². The number of carbonyl (C=O) groups is 1. The molecule has 0 amide bonds. The maximum absolute atomic E-state index is 12.2. The van der Waals surface area contributed by atoms with Crippen molar-refractivity contribution in [1.29, 1.82) is 0 Å². The lowest BCUT2D eigenvalue weighted by Crippen LogP contribution is -2.54. The fourth-order valence-electron chi connectivity index (χ4n) is 5.10. The van der Waals surface area contributed by atoms with E-state index in [9.17, 15) is 9.90 Å². The van der Waals surface area contributed by atoms with Crippen molar-refractivity contribution < 1.29 is 14.3 Å². The van der Waals surface area contributed by atoms with Crippen molar-refractivity contribution in [3.63, 3.8) is 0 Å². The number of carbonyl (C=O) groups excluding carboxylic acids is 1. The molecule has 1 aromatic heterocycles. The molecule has 0 unspecified atom stereocenters. The lowest BCUT2D eigenvalue weighted by Gasteiger charge is -2.58. The van der Waals surface area contributed by atoms with Crippen LogP contribution in [0, 0.1) is 22.7 Å². The summed E-state index contributed by atoms with van der Waals surface area (Å²) in [7, 11) is 0. The first kappa shape index (κ1) is 16.5. The minimum Gasteiger partial charge on any atom is -0.472 e.